The molecule has 0 atom stereocenters. The third-order valence-corrected chi connectivity index (χ3v) is 1.60. The molecule has 2 aliphatic carbocycles. The van der Waals surface area contributed by atoms with Gasteiger partial charge in [-0.15, -0.1) is 12.8 Å². The zero-order chi connectivity index (χ0) is 10.1. The molecule has 0 saturated carbocycles. The molecule has 0 aromatic heterocycles. The van der Waals surface area contributed by atoms with Crippen molar-refractivity contribution in [2.45, 2.75) is 12.8 Å². The Kier molecular flexibility index (Phi) is 21.3. The molecule has 0 bridgehead atoms. The summed E-state index contributed by atoms with van der Waals surface area (Å²) in [5.74, 6) is 0.754. The summed E-state index contributed by atoms with van der Waals surface area (Å²) in [6.45, 7) is 0.436. The van der Waals surface area contributed by atoms with Gasteiger partial charge in [0.15, 0.2) is 0 Å². The number of allylic oxidation sites excluding steroid dienone is 7. The van der Waals surface area contributed by atoms with E-state index in [0.29, 0.717) is 6.61 Å². The van der Waals surface area contributed by atoms with Gasteiger partial charge in [-0.2, -0.15) is 18.2 Å². The van der Waals surface area contributed by atoms with Crippen LogP contribution in [-0.4, -0.2) is 18.3 Å². The minimum Gasteiger partial charge on any atom is -1.00 e. The minimum absolute atomic E-state index is 0. The molecule has 0 aromatic carbocycles. The van der Waals surface area contributed by atoms with Crippen LogP contribution < -0.4 is 24.8 Å². The summed E-state index contributed by atoms with van der Waals surface area (Å²) in [5.41, 5.74) is 0. The second-order valence-electron chi connectivity index (χ2n) is 2.72. The van der Waals surface area contributed by atoms with Gasteiger partial charge in [-0.25, -0.2) is 18.2 Å². The van der Waals surface area contributed by atoms with E-state index in [2.05, 4.69) is 18.2 Å². The first-order chi connectivity index (χ1) is 6.93. The number of rotatable bonds is 3. The summed E-state index contributed by atoms with van der Waals surface area (Å²) >= 11 is 0. The maximum Gasteiger partial charge on any atom is 4.00 e. The number of aliphatic hydroxyl groups is 1. The second-order valence-corrected chi connectivity index (χ2v) is 2.72. The standard InChI is InChI=1S/C7H9O2.C5H5.2ClH.Zr/c8-5-6-9-7-3-1-2-4-7;1-2-4-5-3-1;;;/h1,3,8H,2,5-6H2;1-3H,4H2;2*1H;/q2*-1;;;+4/p-2. The summed E-state index contributed by atoms with van der Waals surface area (Å²) < 4.78 is 5.02. The third-order valence-electron chi connectivity index (χ3n) is 1.60. The van der Waals surface area contributed by atoms with Crippen molar-refractivity contribution < 1.29 is 60.9 Å². The maximum atomic E-state index is 8.34. The van der Waals surface area contributed by atoms with Crippen molar-refractivity contribution in [2.24, 2.45) is 0 Å². The Bertz CT molecular complexity index is 264. The number of hydrogen-bond acceptors (Lipinski definition) is 2. The molecule has 17 heavy (non-hydrogen) atoms. The molecule has 0 fully saturated rings. The van der Waals surface area contributed by atoms with Crippen LogP contribution in [-0.2, 0) is 30.9 Å². The smallest absolute Gasteiger partial charge is 1.00 e. The fraction of sp³-hybridized carbons (Fsp3) is 0.333. The molecule has 0 aliphatic heterocycles. The SMILES string of the molecule is OCCOC1=[C-]CC=C1.[C-]1=CC=CC1.[Cl-].[Cl-].[Zr+4]. The van der Waals surface area contributed by atoms with Crippen molar-refractivity contribution in [1.29, 1.82) is 0 Å². The second kappa shape index (κ2) is 16.2. The molecule has 0 saturated heterocycles. The van der Waals surface area contributed by atoms with Crippen molar-refractivity contribution in [3.63, 3.8) is 0 Å². The largest absolute Gasteiger partial charge is 4.00 e. The minimum atomic E-state index is 0. The molecule has 5 heteroatoms. The topological polar surface area (TPSA) is 29.5 Å². The van der Waals surface area contributed by atoms with Crippen LogP contribution in [0.5, 0.6) is 0 Å². The summed E-state index contributed by atoms with van der Waals surface area (Å²) in [5, 5.41) is 8.34. The Balaban J connectivity index is -0.000000216. The predicted molar refractivity (Wildman–Crippen MR) is 55.1 cm³/mol. The van der Waals surface area contributed by atoms with E-state index in [4.69, 9.17) is 9.84 Å². The predicted octanol–water partition coefficient (Wildman–Crippen LogP) is -4.05. The summed E-state index contributed by atoms with van der Waals surface area (Å²) in [4.78, 5) is 0. The van der Waals surface area contributed by atoms with Crippen LogP contribution in [0.3, 0.4) is 0 Å². The molecule has 0 heterocycles. The van der Waals surface area contributed by atoms with Crippen molar-refractivity contribution in [3.05, 3.63) is 48.3 Å². The zero-order valence-corrected chi connectivity index (χ0v) is 13.3. The van der Waals surface area contributed by atoms with Crippen molar-refractivity contribution in [1.82, 2.24) is 0 Å². The van der Waals surface area contributed by atoms with Gasteiger partial charge in [0, 0.05) is 0 Å². The van der Waals surface area contributed by atoms with Gasteiger partial charge in [0.25, 0.3) is 0 Å². The Morgan fingerprint density at radius 3 is 2.35 bits per heavy atom. The molecule has 0 aromatic rings. The number of halogens is 2. The molecular formula is C12H14Cl2O2Zr. The summed E-state index contributed by atoms with van der Waals surface area (Å²) in [6.07, 6.45) is 17.6. The number of ether oxygens (including phenoxy) is 1. The van der Waals surface area contributed by atoms with Crippen LogP contribution in [0.2, 0.25) is 0 Å². The van der Waals surface area contributed by atoms with E-state index < -0.39 is 0 Å². The molecule has 0 radical (unpaired) electrons. The molecular weight excluding hydrogens is 338 g/mol. The molecule has 2 nitrogen and oxygen atoms in total. The number of hydrogen-bond donors (Lipinski definition) is 1. The zero-order valence-electron chi connectivity index (χ0n) is 9.33. The van der Waals surface area contributed by atoms with Crippen molar-refractivity contribution in [3.8, 4) is 0 Å². The molecule has 2 aliphatic rings. The molecule has 92 valence electrons. The average Bonchev–Trinajstić information content (AvgIpc) is 2.90. The van der Waals surface area contributed by atoms with Crippen molar-refractivity contribution >= 4 is 0 Å². The van der Waals surface area contributed by atoms with E-state index in [1.54, 1.807) is 0 Å². The van der Waals surface area contributed by atoms with E-state index in [0.717, 1.165) is 18.6 Å². The van der Waals surface area contributed by atoms with Crippen LogP contribution in [0.25, 0.3) is 0 Å². The van der Waals surface area contributed by atoms with Crippen LogP contribution in [0, 0.1) is 12.2 Å². The van der Waals surface area contributed by atoms with E-state index in [9.17, 15) is 0 Å². The van der Waals surface area contributed by atoms with Gasteiger partial charge < -0.3 is 34.7 Å². The Hall–Kier alpha value is 0.183. The first-order valence-electron chi connectivity index (χ1n) is 4.66. The van der Waals surface area contributed by atoms with E-state index in [1.165, 1.54) is 0 Å². The van der Waals surface area contributed by atoms with Crippen LogP contribution in [0.15, 0.2) is 36.1 Å². The van der Waals surface area contributed by atoms with Crippen LogP contribution >= 0.6 is 0 Å². The fourth-order valence-electron chi connectivity index (χ4n) is 0.979. The summed E-state index contributed by atoms with van der Waals surface area (Å²) in [7, 11) is 0. The van der Waals surface area contributed by atoms with E-state index in [-0.39, 0.29) is 57.6 Å². The van der Waals surface area contributed by atoms with E-state index >= 15 is 0 Å². The first kappa shape index (κ1) is 22.4. The van der Waals surface area contributed by atoms with Crippen LogP contribution in [0.4, 0.5) is 0 Å². The van der Waals surface area contributed by atoms with Gasteiger partial charge in [0.2, 0.25) is 0 Å². The van der Waals surface area contributed by atoms with Gasteiger partial charge in [0.1, 0.15) is 6.61 Å². The molecule has 0 amide bonds. The normalized spacial score (nSPS) is 13.6. The molecule has 1 N–H and O–H groups in total. The quantitative estimate of drug-likeness (QED) is 0.524. The average molecular weight is 352 g/mol. The molecule has 0 spiro atoms. The fourth-order valence-corrected chi connectivity index (χ4v) is 0.979. The van der Waals surface area contributed by atoms with Gasteiger partial charge in [0.05, 0.1) is 6.61 Å². The maximum absolute atomic E-state index is 8.34. The Morgan fingerprint density at radius 2 is 2.00 bits per heavy atom. The van der Waals surface area contributed by atoms with Crippen LogP contribution in [0.1, 0.15) is 12.8 Å². The van der Waals surface area contributed by atoms with E-state index in [1.807, 2.05) is 24.3 Å². The van der Waals surface area contributed by atoms with Gasteiger partial charge in [-0.05, 0) is 0 Å². The Morgan fingerprint density at radius 1 is 1.24 bits per heavy atom. The number of aliphatic hydroxyl groups excluding tert-OH is 1. The van der Waals surface area contributed by atoms with Gasteiger partial charge >= 0.3 is 26.2 Å². The first-order valence-corrected chi connectivity index (χ1v) is 4.66. The third kappa shape index (κ3) is 12.4. The van der Waals surface area contributed by atoms with Crippen molar-refractivity contribution in [2.75, 3.05) is 13.2 Å². The summed E-state index contributed by atoms with van der Waals surface area (Å²) in [6, 6.07) is 0. The van der Waals surface area contributed by atoms with Gasteiger partial charge in [-0.1, -0.05) is 5.76 Å². The Labute approximate surface area is 134 Å². The molecule has 2 rings (SSSR count). The molecule has 0 unspecified atom stereocenters. The van der Waals surface area contributed by atoms with Gasteiger partial charge in [-0.3, -0.25) is 6.08 Å². The monoisotopic (exact) mass is 350 g/mol.